The van der Waals surface area contributed by atoms with E-state index in [-0.39, 0.29) is 12.2 Å². The van der Waals surface area contributed by atoms with E-state index < -0.39 is 0 Å². The Morgan fingerprint density at radius 3 is 2.67 bits per heavy atom. The molecule has 1 aromatic rings. The third-order valence-electron chi connectivity index (χ3n) is 3.87. The van der Waals surface area contributed by atoms with E-state index in [0.717, 1.165) is 36.5 Å². The molecule has 0 spiro atoms. The Morgan fingerprint density at radius 2 is 2.05 bits per heavy atom. The minimum Gasteiger partial charge on any atom is -0.378 e. The number of hydrogen-bond donors (Lipinski definition) is 1. The van der Waals surface area contributed by atoms with Crippen molar-refractivity contribution >= 4 is 16.5 Å². The van der Waals surface area contributed by atoms with Crippen LogP contribution in [0.2, 0.25) is 0 Å². The van der Waals surface area contributed by atoms with Crippen molar-refractivity contribution in [2.75, 3.05) is 25.1 Å². The van der Waals surface area contributed by atoms with Gasteiger partial charge in [-0.05, 0) is 26.7 Å². The van der Waals surface area contributed by atoms with Crippen molar-refractivity contribution < 1.29 is 9.47 Å². The standard InChI is InChI=1S/C15H25N3O2S/c1-10-7-18(8-11(2)20-10)15-17-13(9-19-3)14(21-15)6-16-12-4-5-12/h10-12,16H,4-9H2,1-3H3/t10-,11+. The Hall–Kier alpha value is -0.690. The SMILES string of the molecule is COCc1nc(N2C[C@@H](C)O[C@@H](C)C2)sc1CNC1CC1. The minimum absolute atomic E-state index is 0.261. The van der Waals surface area contributed by atoms with Crippen molar-refractivity contribution in [1.29, 1.82) is 0 Å². The first-order chi connectivity index (χ1) is 10.2. The second-order valence-electron chi connectivity index (χ2n) is 6.12. The van der Waals surface area contributed by atoms with E-state index in [1.165, 1.54) is 17.7 Å². The van der Waals surface area contributed by atoms with Crippen LogP contribution in [-0.4, -0.2) is 43.4 Å². The van der Waals surface area contributed by atoms with Crippen LogP contribution in [-0.2, 0) is 22.6 Å². The largest absolute Gasteiger partial charge is 0.378 e. The maximum Gasteiger partial charge on any atom is 0.186 e. The van der Waals surface area contributed by atoms with Crippen LogP contribution in [0.1, 0.15) is 37.3 Å². The van der Waals surface area contributed by atoms with Gasteiger partial charge in [0.15, 0.2) is 5.13 Å². The predicted molar refractivity (Wildman–Crippen MR) is 84.9 cm³/mol. The number of anilines is 1. The van der Waals surface area contributed by atoms with Gasteiger partial charge in [-0.2, -0.15) is 0 Å². The van der Waals surface area contributed by atoms with Crippen LogP contribution in [0, 0.1) is 0 Å². The first-order valence-corrected chi connectivity index (χ1v) is 8.58. The number of thiazole rings is 1. The van der Waals surface area contributed by atoms with Crippen LogP contribution in [0.3, 0.4) is 0 Å². The lowest BCUT2D eigenvalue weighted by atomic mass is 10.2. The summed E-state index contributed by atoms with van der Waals surface area (Å²) in [4.78, 5) is 8.48. The molecular weight excluding hydrogens is 286 g/mol. The van der Waals surface area contributed by atoms with Gasteiger partial charge in [-0.1, -0.05) is 0 Å². The van der Waals surface area contributed by atoms with Crippen molar-refractivity contribution in [3.8, 4) is 0 Å². The van der Waals surface area contributed by atoms with Gasteiger partial charge in [-0.3, -0.25) is 0 Å². The third-order valence-corrected chi connectivity index (χ3v) is 5.03. The van der Waals surface area contributed by atoms with Gasteiger partial charge < -0.3 is 19.7 Å². The summed E-state index contributed by atoms with van der Waals surface area (Å²) in [6.45, 7) is 7.59. The van der Waals surface area contributed by atoms with E-state index in [4.69, 9.17) is 14.5 Å². The summed E-state index contributed by atoms with van der Waals surface area (Å²) < 4.78 is 11.1. The summed E-state index contributed by atoms with van der Waals surface area (Å²) in [6, 6.07) is 0.717. The number of hydrogen-bond acceptors (Lipinski definition) is 6. The summed E-state index contributed by atoms with van der Waals surface area (Å²) in [7, 11) is 1.73. The Kier molecular flexibility index (Phi) is 4.78. The third kappa shape index (κ3) is 3.94. The summed E-state index contributed by atoms with van der Waals surface area (Å²) in [5, 5.41) is 4.69. The van der Waals surface area contributed by atoms with Crippen molar-refractivity contribution in [1.82, 2.24) is 10.3 Å². The van der Waals surface area contributed by atoms with Gasteiger partial charge in [0.1, 0.15) is 0 Å². The highest BCUT2D eigenvalue weighted by Crippen LogP contribution is 2.30. The van der Waals surface area contributed by atoms with Crippen molar-refractivity contribution in [2.24, 2.45) is 0 Å². The molecule has 2 aliphatic rings. The van der Waals surface area contributed by atoms with Gasteiger partial charge in [-0.15, -0.1) is 11.3 Å². The number of methoxy groups -OCH3 is 1. The molecule has 0 radical (unpaired) electrons. The summed E-state index contributed by atoms with van der Waals surface area (Å²) in [6.07, 6.45) is 3.14. The zero-order valence-corrected chi connectivity index (χ0v) is 13.9. The molecule has 0 amide bonds. The lowest BCUT2D eigenvalue weighted by Gasteiger charge is -2.35. The highest BCUT2D eigenvalue weighted by atomic mass is 32.1. The fourth-order valence-corrected chi connectivity index (χ4v) is 3.78. The molecule has 0 unspecified atom stereocenters. The summed E-state index contributed by atoms with van der Waals surface area (Å²) in [5.74, 6) is 0. The molecule has 3 rings (SSSR count). The van der Waals surface area contributed by atoms with Crippen LogP contribution in [0.15, 0.2) is 0 Å². The fraction of sp³-hybridized carbons (Fsp3) is 0.800. The van der Waals surface area contributed by atoms with Crippen LogP contribution in [0.25, 0.3) is 0 Å². The molecule has 1 saturated carbocycles. The number of ether oxygens (including phenoxy) is 2. The van der Waals surface area contributed by atoms with E-state index in [1.54, 1.807) is 18.4 Å². The maximum atomic E-state index is 5.81. The molecular formula is C15H25N3O2S. The number of morpholine rings is 1. The first kappa shape index (κ1) is 15.2. The van der Waals surface area contributed by atoms with Crippen molar-refractivity contribution in [3.63, 3.8) is 0 Å². The molecule has 1 aliphatic heterocycles. The van der Waals surface area contributed by atoms with E-state index in [9.17, 15) is 0 Å². The molecule has 21 heavy (non-hydrogen) atoms. The number of nitrogens with one attached hydrogen (secondary N) is 1. The zero-order chi connectivity index (χ0) is 14.8. The topological polar surface area (TPSA) is 46.6 Å². The fourth-order valence-electron chi connectivity index (χ4n) is 2.75. The van der Waals surface area contributed by atoms with Crippen LogP contribution in [0.5, 0.6) is 0 Å². The predicted octanol–water partition coefficient (Wildman–Crippen LogP) is 2.16. The molecule has 6 heteroatoms. The highest BCUT2D eigenvalue weighted by Gasteiger charge is 2.26. The van der Waals surface area contributed by atoms with E-state index in [2.05, 4.69) is 24.1 Å². The van der Waals surface area contributed by atoms with Gasteiger partial charge in [0.2, 0.25) is 0 Å². The quantitative estimate of drug-likeness (QED) is 0.872. The maximum absolute atomic E-state index is 5.81. The molecule has 2 heterocycles. The van der Waals surface area contributed by atoms with E-state index >= 15 is 0 Å². The Morgan fingerprint density at radius 1 is 1.33 bits per heavy atom. The Bertz CT molecular complexity index is 465. The first-order valence-electron chi connectivity index (χ1n) is 7.77. The number of rotatable bonds is 6. The molecule has 0 bridgehead atoms. The molecule has 1 aliphatic carbocycles. The smallest absolute Gasteiger partial charge is 0.186 e. The molecule has 2 atom stereocenters. The Labute approximate surface area is 130 Å². The number of nitrogens with zero attached hydrogens (tertiary/aromatic N) is 2. The van der Waals surface area contributed by atoms with E-state index in [0.29, 0.717) is 6.61 Å². The molecule has 0 aromatic carbocycles. The van der Waals surface area contributed by atoms with Crippen LogP contribution < -0.4 is 10.2 Å². The lowest BCUT2D eigenvalue weighted by molar-refractivity contribution is -0.00524. The number of aromatic nitrogens is 1. The molecule has 1 saturated heterocycles. The average molecular weight is 311 g/mol. The van der Waals surface area contributed by atoms with Crippen LogP contribution >= 0.6 is 11.3 Å². The van der Waals surface area contributed by atoms with Crippen molar-refractivity contribution in [3.05, 3.63) is 10.6 Å². The average Bonchev–Trinajstić information content (AvgIpc) is 3.17. The van der Waals surface area contributed by atoms with Crippen molar-refractivity contribution in [2.45, 2.75) is 58.1 Å². The Balaban J connectivity index is 1.72. The second kappa shape index (κ2) is 6.60. The lowest BCUT2D eigenvalue weighted by Crippen LogP contribution is -2.45. The van der Waals surface area contributed by atoms with Gasteiger partial charge in [0.05, 0.1) is 24.5 Å². The monoisotopic (exact) mass is 311 g/mol. The zero-order valence-electron chi connectivity index (χ0n) is 13.1. The van der Waals surface area contributed by atoms with E-state index in [1.807, 2.05) is 0 Å². The van der Waals surface area contributed by atoms with Gasteiger partial charge >= 0.3 is 0 Å². The van der Waals surface area contributed by atoms with Gasteiger partial charge in [-0.25, -0.2) is 4.98 Å². The summed E-state index contributed by atoms with van der Waals surface area (Å²) >= 11 is 1.80. The normalized spacial score (nSPS) is 26.3. The van der Waals surface area contributed by atoms with Crippen LogP contribution in [0.4, 0.5) is 5.13 Å². The molecule has 1 aromatic heterocycles. The molecule has 2 fully saturated rings. The van der Waals surface area contributed by atoms with Gasteiger partial charge in [0, 0.05) is 37.7 Å². The molecule has 118 valence electrons. The minimum atomic E-state index is 0.261. The molecule has 5 nitrogen and oxygen atoms in total. The second-order valence-corrected chi connectivity index (χ2v) is 7.18. The van der Waals surface area contributed by atoms with Gasteiger partial charge in [0.25, 0.3) is 0 Å². The summed E-state index contributed by atoms with van der Waals surface area (Å²) in [5.41, 5.74) is 1.08. The highest BCUT2D eigenvalue weighted by molar-refractivity contribution is 7.15. The molecule has 1 N–H and O–H groups in total.